The van der Waals surface area contributed by atoms with Gasteiger partial charge < -0.3 is 20.1 Å². The average Bonchev–Trinajstić information content (AvgIpc) is 2.50. The normalized spacial score (nSPS) is 11.3. The van der Waals surface area contributed by atoms with Gasteiger partial charge in [-0.05, 0) is 32.9 Å². The van der Waals surface area contributed by atoms with Crippen LogP contribution in [0.4, 0.5) is 0 Å². The molecule has 0 heterocycles. The molecule has 0 aromatic heterocycles. The highest BCUT2D eigenvalue weighted by Gasteiger charge is 2.05. The second kappa shape index (κ2) is 10.5. The summed E-state index contributed by atoms with van der Waals surface area (Å²) in [7, 11) is 1.68. The Morgan fingerprint density at radius 3 is 2.43 bits per heavy atom. The fourth-order valence-corrected chi connectivity index (χ4v) is 1.80. The van der Waals surface area contributed by atoms with E-state index in [1.165, 1.54) is 5.56 Å². The number of aliphatic imine (C=N–C) groups is 1. The van der Waals surface area contributed by atoms with Crippen molar-refractivity contribution < 1.29 is 14.3 Å². The van der Waals surface area contributed by atoms with Gasteiger partial charge in [0, 0.05) is 13.6 Å². The van der Waals surface area contributed by atoms with E-state index in [4.69, 9.17) is 9.47 Å². The Morgan fingerprint density at radius 1 is 1.17 bits per heavy atom. The summed E-state index contributed by atoms with van der Waals surface area (Å²) in [5, 5.41) is 6.19. The summed E-state index contributed by atoms with van der Waals surface area (Å²) >= 11 is 0. The molecule has 0 aliphatic rings. The number of esters is 1. The molecule has 0 saturated heterocycles. The average molecular weight is 321 g/mol. The summed E-state index contributed by atoms with van der Waals surface area (Å²) in [4.78, 5) is 15.5. The van der Waals surface area contributed by atoms with Gasteiger partial charge in [-0.15, -0.1) is 0 Å². The number of hydrogen-bond donors (Lipinski definition) is 2. The zero-order valence-corrected chi connectivity index (χ0v) is 14.4. The number of benzene rings is 1. The Hall–Kier alpha value is -2.24. The Bertz CT molecular complexity index is 498. The lowest BCUT2D eigenvalue weighted by Gasteiger charge is -2.13. The monoisotopic (exact) mass is 321 g/mol. The van der Waals surface area contributed by atoms with E-state index in [0.29, 0.717) is 32.1 Å². The van der Waals surface area contributed by atoms with Gasteiger partial charge in [0.1, 0.15) is 12.4 Å². The quantitative estimate of drug-likeness (QED) is 0.331. The van der Waals surface area contributed by atoms with E-state index in [2.05, 4.69) is 15.6 Å². The topological polar surface area (TPSA) is 72.0 Å². The zero-order chi connectivity index (χ0) is 17.1. The first-order valence-corrected chi connectivity index (χ1v) is 7.84. The van der Waals surface area contributed by atoms with Crippen LogP contribution in [-0.4, -0.2) is 44.8 Å². The Kier molecular flexibility index (Phi) is 8.57. The number of nitrogens with zero attached hydrogens (tertiary/aromatic N) is 1. The molecule has 6 heteroatoms. The standard InChI is InChI=1S/C17H27N3O3/c1-13(2)23-16(21)9-10-19-17(18-4)20-11-12-22-15-7-5-14(3)6-8-15/h5-8,13H,9-12H2,1-4H3,(H2,18,19,20). The smallest absolute Gasteiger partial charge is 0.307 e. The number of ether oxygens (including phenoxy) is 2. The Morgan fingerprint density at radius 2 is 1.83 bits per heavy atom. The molecule has 0 bridgehead atoms. The van der Waals surface area contributed by atoms with E-state index in [1.54, 1.807) is 7.05 Å². The molecule has 1 aromatic rings. The molecular formula is C17H27N3O3. The van der Waals surface area contributed by atoms with Gasteiger partial charge >= 0.3 is 5.97 Å². The lowest BCUT2D eigenvalue weighted by Crippen LogP contribution is -2.40. The van der Waals surface area contributed by atoms with Gasteiger partial charge in [0.05, 0.1) is 19.1 Å². The predicted octanol–water partition coefficient (Wildman–Crippen LogP) is 1.88. The van der Waals surface area contributed by atoms with Crippen LogP contribution in [0.25, 0.3) is 0 Å². The van der Waals surface area contributed by atoms with Crippen molar-refractivity contribution in [3.8, 4) is 5.75 Å². The molecule has 1 aromatic carbocycles. The molecule has 6 nitrogen and oxygen atoms in total. The van der Waals surface area contributed by atoms with Crippen LogP contribution in [-0.2, 0) is 9.53 Å². The lowest BCUT2D eigenvalue weighted by atomic mass is 10.2. The molecule has 0 amide bonds. The van der Waals surface area contributed by atoms with Crippen LogP contribution in [0.3, 0.4) is 0 Å². The number of carbonyl (C=O) groups is 1. The molecular weight excluding hydrogens is 294 g/mol. The van der Waals surface area contributed by atoms with Gasteiger partial charge in [0.25, 0.3) is 0 Å². The molecule has 0 radical (unpaired) electrons. The summed E-state index contributed by atoms with van der Waals surface area (Å²) < 4.78 is 10.7. The summed E-state index contributed by atoms with van der Waals surface area (Å²) in [6.45, 7) is 7.32. The minimum Gasteiger partial charge on any atom is -0.492 e. The van der Waals surface area contributed by atoms with Crippen molar-refractivity contribution >= 4 is 11.9 Å². The van der Waals surface area contributed by atoms with Crippen LogP contribution in [0, 0.1) is 6.92 Å². The van der Waals surface area contributed by atoms with E-state index in [-0.39, 0.29) is 12.1 Å². The van der Waals surface area contributed by atoms with Crippen LogP contribution >= 0.6 is 0 Å². The molecule has 0 atom stereocenters. The fourth-order valence-electron chi connectivity index (χ4n) is 1.80. The third-order valence-electron chi connectivity index (χ3n) is 2.90. The SMILES string of the molecule is CN=C(NCCOc1ccc(C)cc1)NCCC(=O)OC(C)C. The van der Waals surface area contributed by atoms with E-state index in [1.807, 2.05) is 45.0 Å². The first-order valence-electron chi connectivity index (χ1n) is 7.84. The van der Waals surface area contributed by atoms with E-state index in [0.717, 1.165) is 5.75 Å². The summed E-state index contributed by atoms with van der Waals surface area (Å²) in [5.74, 6) is 1.26. The highest BCUT2D eigenvalue weighted by molar-refractivity contribution is 5.80. The fraction of sp³-hybridized carbons (Fsp3) is 0.529. The van der Waals surface area contributed by atoms with E-state index < -0.39 is 0 Å². The summed E-state index contributed by atoms with van der Waals surface area (Å²) in [6.07, 6.45) is 0.220. The maximum atomic E-state index is 11.4. The van der Waals surface area contributed by atoms with Crippen LogP contribution < -0.4 is 15.4 Å². The summed E-state index contributed by atoms with van der Waals surface area (Å²) in [6, 6.07) is 7.92. The van der Waals surface area contributed by atoms with Gasteiger partial charge in [-0.3, -0.25) is 9.79 Å². The molecule has 0 fully saturated rings. The Labute approximate surface area is 138 Å². The van der Waals surface area contributed by atoms with Crippen molar-refractivity contribution in [1.29, 1.82) is 0 Å². The molecule has 128 valence electrons. The second-order valence-corrected chi connectivity index (χ2v) is 5.38. The van der Waals surface area contributed by atoms with Crippen molar-refractivity contribution in [3.05, 3.63) is 29.8 Å². The second-order valence-electron chi connectivity index (χ2n) is 5.38. The third-order valence-corrected chi connectivity index (χ3v) is 2.90. The van der Waals surface area contributed by atoms with Crippen molar-refractivity contribution in [2.24, 2.45) is 4.99 Å². The van der Waals surface area contributed by atoms with Crippen LogP contribution in [0.1, 0.15) is 25.8 Å². The first kappa shape index (κ1) is 18.8. The minimum atomic E-state index is -0.217. The zero-order valence-electron chi connectivity index (χ0n) is 14.4. The van der Waals surface area contributed by atoms with Crippen molar-refractivity contribution in [3.63, 3.8) is 0 Å². The van der Waals surface area contributed by atoms with Gasteiger partial charge in [-0.2, -0.15) is 0 Å². The maximum absolute atomic E-state index is 11.4. The van der Waals surface area contributed by atoms with Crippen LogP contribution in [0.15, 0.2) is 29.3 Å². The Balaban J connectivity index is 2.16. The van der Waals surface area contributed by atoms with Gasteiger partial charge in [-0.1, -0.05) is 17.7 Å². The van der Waals surface area contributed by atoms with Crippen LogP contribution in [0.2, 0.25) is 0 Å². The van der Waals surface area contributed by atoms with Crippen molar-refractivity contribution in [1.82, 2.24) is 10.6 Å². The maximum Gasteiger partial charge on any atom is 0.307 e. The van der Waals surface area contributed by atoms with Crippen molar-refractivity contribution in [2.75, 3.05) is 26.7 Å². The first-order chi connectivity index (χ1) is 11.0. The lowest BCUT2D eigenvalue weighted by molar-refractivity contribution is -0.147. The van der Waals surface area contributed by atoms with Gasteiger partial charge in [0.15, 0.2) is 5.96 Å². The predicted molar refractivity (Wildman–Crippen MR) is 91.9 cm³/mol. The number of carbonyl (C=O) groups excluding carboxylic acids is 1. The molecule has 0 aliphatic carbocycles. The molecule has 0 aliphatic heterocycles. The van der Waals surface area contributed by atoms with Gasteiger partial charge in [-0.25, -0.2) is 0 Å². The third kappa shape index (κ3) is 8.70. The number of rotatable bonds is 8. The molecule has 0 saturated carbocycles. The summed E-state index contributed by atoms with van der Waals surface area (Å²) in [5.41, 5.74) is 1.20. The number of aryl methyl sites for hydroxylation is 1. The molecule has 1 rings (SSSR count). The minimum absolute atomic E-state index is 0.0844. The molecule has 0 spiro atoms. The highest BCUT2D eigenvalue weighted by Crippen LogP contribution is 2.10. The number of guanidine groups is 1. The number of hydrogen-bond acceptors (Lipinski definition) is 4. The highest BCUT2D eigenvalue weighted by atomic mass is 16.5. The van der Waals surface area contributed by atoms with Crippen LogP contribution in [0.5, 0.6) is 5.75 Å². The number of nitrogens with one attached hydrogen (secondary N) is 2. The molecule has 23 heavy (non-hydrogen) atoms. The van der Waals surface area contributed by atoms with E-state index >= 15 is 0 Å². The largest absolute Gasteiger partial charge is 0.492 e. The molecule has 2 N–H and O–H groups in total. The van der Waals surface area contributed by atoms with Crippen molar-refractivity contribution in [2.45, 2.75) is 33.3 Å². The molecule has 0 unspecified atom stereocenters. The van der Waals surface area contributed by atoms with Gasteiger partial charge in [0.2, 0.25) is 0 Å². The van der Waals surface area contributed by atoms with E-state index in [9.17, 15) is 4.79 Å².